The highest BCUT2D eigenvalue weighted by atomic mass is 127. The van der Waals surface area contributed by atoms with Crippen molar-refractivity contribution in [3.05, 3.63) is 26.6 Å². The molecule has 3 nitrogen and oxygen atoms in total. The fraction of sp³-hybridized carbons (Fsp3) is 0.125. The molecule has 7 heteroatoms. The van der Waals surface area contributed by atoms with E-state index in [1.807, 2.05) is 5.32 Å². The van der Waals surface area contributed by atoms with E-state index in [1.165, 1.54) is 28.5 Å². The highest BCUT2D eigenvalue weighted by Gasteiger charge is 2.38. The van der Waals surface area contributed by atoms with Gasteiger partial charge in [0, 0.05) is 3.58 Å². The van der Waals surface area contributed by atoms with Crippen molar-refractivity contribution in [2.24, 2.45) is 0 Å². The van der Waals surface area contributed by atoms with Crippen LogP contribution in [0.3, 0.4) is 0 Å². The van der Waals surface area contributed by atoms with Crippen LogP contribution in [0.1, 0.15) is 0 Å². The van der Waals surface area contributed by atoms with Crippen LogP contribution < -0.4 is 5.32 Å². The van der Waals surface area contributed by atoms with Crippen molar-refractivity contribution < 1.29 is 18.0 Å². The van der Waals surface area contributed by atoms with Crippen molar-refractivity contribution in [3.63, 3.8) is 0 Å². The minimum atomic E-state index is -4.59. The van der Waals surface area contributed by atoms with Gasteiger partial charge in [-0.25, -0.2) is 4.79 Å². The second kappa shape index (κ2) is 4.08. The lowest BCUT2D eigenvalue weighted by molar-refractivity contribution is -0.0959. The molecule has 0 amide bonds. The largest absolute Gasteiger partial charge is 0.432 e. The number of nitrogens with zero attached hydrogens (tertiary/aromatic N) is 1. The molecule has 1 N–H and O–H groups in total. The number of carbonyl (C=O) groups excluding carboxylic acids is 1. The van der Waals surface area contributed by atoms with Crippen molar-refractivity contribution in [1.29, 1.82) is 5.26 Å². The third-order valence-corrected chi connectivity index (χ3v) is 2.39. The molecule has 0 saturated heterocycles. The monoisotopic (exact) mass is 326 g/mol. The van der Waals surface area contributed by atoms with Gasteiger partial charge < -0.3 is 5.32 Å². The first kappa shape index (κ1) is 11.8. The van der Waals surface area contributed by atoms with Gasteiger partial charge in [-0.2, -0.15) is 18.4 Å². The molecule has 1 aliphatic heterocycles. The summed E-state index contributed by atoms with van der Waals surface area (Å²) >= 11 is 1.44. The first-order valence-electron chi connectivity index (χ1n) is 3.51. The van der Waals surface area contributed by atoms with Crippen LogP contribution in [0, 0.1) is 11.3 Å². The van der Waals surface area contributed by atoms with Crippen LogP contribution in [0.5, 0.6) is 0 Å². The average molecular weight is 326 g/mol. The quantitative estimate of drug-likeness (QED) is 0.547. The number of hydrogen-bond acceptors (Lipinski definition) is 3. The van der Waals surface area contributed by atoms with Crippen LogP contribution in [0.25, 0.3) is 0 Å². The molecule has 1 aliphatic rings. The van der Waals surface area contributed by atoms with E-state index >= 15 is 0 Å². The summed E-state index contributed by atoms with van der Waals surface area (Å²) in [5.74, 6) is 1.25. The van der Waals surface area contributed by atoms with Crippen molar-refractivity contribution in [2.75, 3.05) is 0 Å². The molecule has 0 fully saturated rings. The number of hydrogen-bond donors (Lipinski definition) is 1. The molecule has 78 valence electrons. The first-order chi connectivity index (χ1) is 6.90. The summed E-state index contributed by atoms with van der Waals surface area (Å²) in [6.07, 6.45) is -3.60. The van der Waals surface area contributed by atoms with Crippen molar-refractivity contribution in [3.8, 4) is 6.07 Å². The Morgan fingerprint density at radius 2 is 2.07 bits per heavy atom. The van der Waals surface area contributed by atoms with Gasteiger partial charge in [0.05, 0.1) is 5.57 Å². The molecule has 0 aromatic heterocycles. The third kappa shape index (κ3) is 2.40. The number of nitrogens with one attached hydrogen (secondary N) is 1. The molecule has 0 spiro atoms. The van der Waals surface area contributed by atoms with Crippen LogP contribution >= 0.6 is 22.6 Å². The Hall–Kier alpha value is -1.26. The molecule has 15 heavy (non-hydrogen) atoms. The van der Waals surface area contributed by atoms with Crippen LogP contribution in [0.15, 0.2) is 26.6 Å². The fourth-order valence-electron chi connectivity index (χ4n) is 0.898. The predicted octanol–water partition coefficient (Wildman–Crippen LogP) is 1.96. The lowest BCUT2D eigenvalue weighted by atomic mass is 10.1. The van der Waals surface area contributed by atoms with Gasteiger partial charge in [-0.3, -0.25) is 0 Å². The van der Waals surface area contributed by atoms with E-state index in [0.717, 1.165) is 6.08 Å². The molecule has 0 bridgehead atoms. The fourth-order valence-corrected chi connectivity index (χ4v) is 1.65. The zero-order chi connectivity index (χ0) is 11.6. The zero-order valence-electron chi connectivity index (χ0n) is 6.94. The number of rotatable bonds is 0. The summed E-state index contributed by atoms with van der Waals surface area (Å²) < 4.78 is 36.9. The molecule has 0 aromatic rings. The molecule has 1 rings (SSSR count). The molecule has 0 aliphatic carbocycles. The maximum Gasteiger partial charge on any atom is 0.432 e. The van der Waals surface area contributed by atoms with Crippen LogP contribution in [-0.4, -0.2) is 12.1 Å². The van der Waals surface area contributed by atoms with Crippen molar-refractivity contribution in [2.45, 2.75) is 6.18 Å². The third-order valence-electron chi connectivity index (χ3n) is 1.54. The Balaban J connectivity index is 3.30. The van der Waals surface area contributed by atoms with Crippen LogP contribution in [-0.2, 0) is 4.79 Å². The SMILES string of the molecule is N#CC1=CC(I)=C(C(F)(F)F)NC1=C=O. The van der Waals surface area contributed by atoms with E-state index in [0.29, 0.717) is 0 Å². The summed E-state index contributed by atoms with van der Waals surface area (Å²) in [6.45, 7) is 0. The molecular weight excluding hydrogens is 324 g/mol. The number of dihydropyridines is 1. The maximum atomic E-state index is 12.4. The smallest absolute Gasteiger partial charge is 0.340 e. The van der Waals surface area contributed by atoms with Gasteiger partial charge in [-0.1, -0.05) is 0 Å². The maximum absolute atomic E-state index is 12.4. The molecule has 1 heterocycles. The number of alkyl halides is 3. The standard InChI is InChI=1S/C8H2F3IN2O/c9-8(10,11)7-5(12)1-4(2-13)6(3-15)14-7/h1,14H. The molecule has 0 aromatic carbocycles. The van der Waals surface area contributed by atoms with Crippen molar-refractivity contribution in [1.82, 2.24) is 5.32 Å². The topological polar surface area (TPSA) is 52.9 Å². The summed E-state index contributed by atoms with van der Waals surface area (Å²) in [6, 6.07) is 1.60. The van der Waals surface area contributed by atoms with Gasteiger partial charge in [0.1, 0.15) is 17.5 Å². The molecule has 0 radical (unpaired) electrons. The number of nitriles is 1. The van der Waals surface area contributed by atoms with Gasteiger partial charge in [0.25, 0.3) is 0 Å². The Kier molecular flexibility index (Phi) is 3.21. The Labute approximate surface area is 96.1 Å². The Bertz CT molecular complexity index is 449. The minimum absolute atomic E-state index is 0.164. The minimum Gasteiger partial charge on any atom is -0.340 e. The summed E-state index contributed by atoms with van der Waals surface area (Å²) in [5.41, 5.74) is -1.71. The number of allylic oxidation sites excluding steroid dienone is 4. The van der Waals surface area contributed by atoms with Gasteiger partial charge in [0.2, 0.25) is 0 Å². The molecule has 0 atom stereocenters. The Morgan fingerprint density at radius 1 is 1.47 bits per heavy atom. The zero-order valence-corrected chi connectivity index (χ0v) is 9.10. The molecular formula is C8H2F3IN2O. The van der Waals surface area contributed by atoms with E-state index in [9.17, 15) is 18.0 Å². The first-order valence-corrected chi connectivity index (χ1v) is 4.59. The van der Waals surface area contributed by atoms with Crippen molar-refractivity contribution >= 4 is 28.5 Å². The number of halogens is 4. The lowest BCUT2D eigenvalue weighted by Crippen LogP contribution is -2.29. The summed E-state index contributed by atoms with van der Waals surface area (Å²) in [4.78, 5) is 10.3. The van der Waals surface area contributed by atoms with Gasteiger partial charge in [-0.05, 0) is 28.7 Å². The Morgan fingerprint density at radius 3 is 2.47 bits per heavy atom. The van der Waals surface area contributed by atoms with Crippen LogP contribution in [0.2, 0.25) is 0 Å². The normalized spacial score (nSPS) is 16.5. The second-order valence-electron chi connectivity index (χ2n) is 2.49. The lowest BCUT2D eigenvalue weighted by Gasteiger charge is -2.19. The van der Waals surface area contributed by atoms with E-state index in [4.69, 9.17) is 5.26 Å². The predicted molar refractivity (Wildman–Crippen MR) is 53.1 cm³/mol. The molecule has 0 unspecified atom stereocenters. The van der Waals surface area contributed by atoms with E-state index in [-0.39, 0.29) is 9.15 Å². The molecule has 0 saturated carbocycles. The second-order valence-corrected chi connectivity index (χ2v) is 3.65. The van der Waals surface area contributed by atoms with E-state index in [1.54, 1.807) is 6.07 Å². The average Bonchev–Trinajstić information content (AvgIpc) is 2.15. The van der Waals surface area contributed by atoms with E-state index < -0.39 is 17.6 Å². The summed E-state index contributed by atoms with van der Waals surface area (Å²) in [7, 11) is 0. The highest BCUT2D eigenvalue weighted by Crippen LogP contribution is 2.33. The van der Waals surface area contributed by atoms with Gasteiger partial charge >= 0.3 is 6.18 Å². The van der Waals surface area contributed by atoms with Crippen LogP contribution in [0.4, 0.5) is 13.2 Å². The van der Waals surface area contributed by atoms with Gasteiger partial charge in [-0.15, -0.1) is 0 Å². The van der Waals surface area contributed by atoms with Gasteiger partial charge in [0.15, 0.2) is 5.94 Å². The summed E-state index contributed by atoms with van der Waals surface area (Å²) in [5, 5.41) is 10.4. The highest BCUT2D eigenvalue weighted by molar-refractivity contribution is 14.1. The van der Waals surface area contributed by atoms with E-state index in [2.05, 4.69) is 0 Å².